The quantitative estimate of drug-likeness (QED) is 0.595. The average molecular weight is 327 g/mol. The third-order valence-corrected chi connectivity index (χ3v) is 3.22. The Hall–Kier alpha value is -0.980. The summed E-state index contributed by atoms with van der Waals surface area (Å²) in [6.07, 6.45) is -2.51. The van der Waals surface area contributed by atoms with Gasteiger partial charge in [0.25, 0.3) is 6.43 Å². The lowest BCUT2D eigenvalue weighted by atomic mass is 10.3. The van der Waals surface area contributed by atoms with Crippen LogP contribution in [0.1, 0.15) is 5.82 Å². The van der Waals surface area contributed by atoms with E-state index in [4.69, 9.17) is 27.9 Å². The third-order valence-electron chi connectivity index (χ3n) is 2.69. The monoisotopic (exact) mass is 326 g/mol. The molecule has 0 bridgehead atoms. The van der Waals surface area contributed by atoms with Gasteiger partial charge in [-0.25, -0.2) is 18.2 Å². The third kappa shape index (κ3) is 3.37. The molecule has 2 rings (SSSR count). The molecule has 0 fully saturated rings. The molecule has 1 heterocycles. The van der Waals surface area contributed by atoms with Gasteiger partial charge in [-0.05, 0) is 6.07 Å². The van der Waals surface area contributed by atoms with Crippen molar-refractivity contribution in [3.8, 4) is 0 Å². The van der Waals surface area contributed by atoms with E-state index in [1.807, 2.05) is 0 Å². The van der Waals surface area contributed by atoms with Crippen LogP contribution in [0.15, 0.2) is 12.1 Å². The molecule has 0 amide bonds. The second-order valence-electron chi connectivity index (χ2n) is 4.03. The van der Waals surface area contributed by atoms with Gasteiger partial charge in [0.1, 0.15) is 18.2 Å². The van der Waals surface area contributed by atoms with Gasteiger partial charge < -0.3 is 9.30 Å². The average Bonchev–Trinajstić information content (AvgIpc) is 2.72. The van der Waals surface area contributed by atoms with Crippen molar-refractivity contribution < 1.29 is 17.9 Å². The van der Waals surface area contributed by atoms with Crippen LogP contribution in [0, 0.1) is 5.82 Å². The summed E-state index contributed by atoms with van der Waals surface area (Å²) in [6, 6.07) is 2.65. The molecule has 8 heteroatoms. The van der Waals surface area contributed by atoms with Gasteiger partial charge in [-0.1, -0.05) is 11.6 Å². The Morgan fingerprint density at radius 1 is 1.35 bits per heavy atom. The molecule has 0 aliphatic heterocycles. The molecule has 0 atom stereocenters. The fraction of sp³-hybridized carbons (Fsp3) is 0.417. The minimum absolute atomic E-state index is 0.0340. The smallest absolute Gasteiger partial charge is 0.261 e. The van der Waals surface area contributed by atoms with Crippen LogP contribution in [0.5, 0.6) is 0 Å². The van der Waals surface area contributed by atoms with E-state index < -0.39 is 18.8 Å². The van der Waals surface area contributed by atoms with Crippen LogP contribution < -0.4 is 0 Å². The second-order valence-corrected chi connectivity index (χ2v) is 4.71. The van der Waals surface area contributed by atoms with Gasteiger partial charge >= 0.3 is 0 Å². The van der Waals surface area contributed by atoms with Crippen molar-refractivity contribution in [2.45, 2.75) is 18.9 Å². The van der Waals surface area contributed by atoms with Crippen molar-refractivity contribution >= 4 is 34.2 Å². The number of rotatable bonds is 6. The second kappa shape index (κ2) is 6.65. The maximum Gasteiger partial charge on any atom is 0.261 e. The predicted molar refractivity (Wildman–Crippen MR) is 71.1 cm³/mol. The minimum Gasteiger partial charge on any atom is -0.374 e. The highest BCUT2D eigenvalue weighted by atomic mass is 35.5. The molecule has 0 saturated heterocycles. The number of alkyl halides is 3. The van der Waals surface area contributed by atoms with E-state index in [0.717, 1.165) is 0 Å². The van der Waals surface area contributed by atoms with Gasteiger partial charge in [-0.3, -0.25) is 0 Å². The summed E-state index contributed by atoms with van der Waals surface area (Å²) >= 11 is 11.5. The lowest BCUT2D eigenvalue weighted by Gasteiger charge is -2.08. The molecular weight excluding hydrogens is 316 g/mol. The zero-order valence-electron chi connectivity index (χ0n) is 10.3. The van der Waals surface area contributed by atoms with Crippen molar-refractivity contribution in [1.82, 2.24) is 9.55 Å². The number of fused-ring (bicyclic) bond motifs is 1. The Bertz CT molecular complexity index is 604. The highest BCUT2D eigenvalue weighted by Gasteiger charge is 2.13. The molecule has 0 saturated carbocycles. The van der Waals surface area contributed by atoms with Gasteiger partial charge in [0, 0.05) is 12.6 Å². The Kier molecular flexibility index (Phi) is 5.12. The Morgan fingerprint density at radius 2 is 2.10 bits per heavy atom. The molecule has 20 heavy (non-hydrogen) atoms. The first-order valence-corrected chi connectivity index (χ1v) is 6.70. The number of benzene rings is 1. The van der Waals surface area contributed by atoms with Crippen molar-refractivity contribution in [2.75, 3.05) is 13.2 Å². The molecule has 1 aromatic carbocycles. The molecule has 0 aliphatic rings. The van der Waals surface area contributed by atoms with Crippen LogP contribution >= 0.6 is 23.2 Å². The van der Waals surface area contributed by atoms with Crippen molar-refractivity contribution in [1.29, 1.82) is 0 Å². The minimum atomic E-state index is -2.51. The summed E-state index contributed by atoms with van der Waals surface area (Å²) in [5.74, 6) is 0.0471. The number of hydrogen-bond acceptors (Lipinski definition) is 2. The number of imidazole rings is 1. The van der Waals surface area contributed by atoms with Gasteiger partial charge in [0.05, 0.1) is 28.5 Å². The number of nitrogens with zero attached hydrogens (tertiary/aromatic N) is 2. The zero-order chi connectivity index (χ0) is 14.7. The Labute approximate surface area is 123 Å². The van der Waals surface area contributed by atoms with Crippen LogP contribution in [0.25, 0.3) is 11.0 Å². The molecule has 0 unspecified atom stereocenters. The summed E-state index contributed by atoms with van der Waals surface area (Å²) in [4.78, 5) is 4.18. The first-order valence-electron chi connectivity index (χ1n) is 5.79. The number of halogens is 5. The summed E-state index contributed by atoms with van der Waals surface area (Å²) in [5.41, 5.74) is 1.00. The highest BCUT2D eigenvalue weighted by molar-refractivity contribution is 6.31. The SMILES string of the molecule is Fc1cc2nc(CCl)n(CCOCC(F)F)c2cc1Cl. The van der Waals surface area contributed by atoms with Gasteiger partial charge in [0.15, 0.2) is 0 Å². The molecule has 2 aromatic rings. The van der Waals surface area contributed by atoms with E-state index in [2.05, 4.69) is 4.98 Å². The maximum absolute atomic E-state index is 13.4. The van der Waals surface area contributed by atoms with Crippen LogP contribution in [0.4, 0.5) is 13.2 Å². The lowest BCUT2D eigenvalue weighted by Crippen LogP contribution is -2.12. The maximum atomic E-state index is 13.4. The van der Waals surface area contributed by atoms with E-state index in [9.17, 15) is 13.2 Å². The fourth-order valence-corrected chi connectivity index (χ4v) is 2.21. The molecule has 3 nitrogen and oxygen atoms in total. The first kappa shape index (κ1) is 15.4. The van der Waals surface area contributed by atoms with Gasteiger partial charge in [0.2, 0.25) is 0 Å². The van der Waals surface area contributed by atoms with Crippen LogP contribution in [0.3, 0.4) is 0 Å². The summed E-state index contributed by atoms with van der Waals surface area (Å²) in [6.45, 7) is -0.264. The summed E-state index contributed by atoms with van der Waals surface area (Å²) < 4.78 is 43.8. The molecular formula is C12H11Cl2F3N2O. The normalized spacial score (nSPS) is 11.7. The van der Waals surface area contributed by atoms with E-state index in [0.29, 0.717) is 16.9 Å². The fourth-order valence-electron chi connectivity index (χ4n) is 1.85. The van der Waals surface area contributed by atoms with Crippen LogP contribution in [-0.2, 0) is 17.2 Å². The largest absolute Gasteiger partial charge is 0.374 e. The predicted octanol–water partition coefficient (Wildman–Crippen LogP) is 3.85. The van der Waals surface area contributed by atoms with E-state index in [1.54, 1.807) is 4.57 Å². The van der Waals surface area contributed by atoms with Crippen molar-refractivity contribution in [3.05, 3.63) is 28.8 Å². The number of ether oxygens (including phenoxy) is 1. The summed E-state index contributed by atoms with van der Waals surface area (Å²) in [5, 5.41) is -0.0340. The van der Waals surface area contributed by atoms with E-state index >= 15 is 0 Å². The molecule has 1 aromatic heterocycles. The molecule has 0 spiro atoms. The van der Waals surface area contributed by atoms with Crippen molar-refractivity contribution in [3.63, 3.8) is 0 Å². The first-order chi connectivity index (χ1) is 9.52. The van der Waals surface area contributed by atoms with Crippen molar-refractivity contribution in [2.24, 2.45) is 0 Å². The topological polar surface area (TPSA) is 27.1 Å². The molecule has 0 N–H and O–H groups in total. The molecule has 0 radical (unpaired) electrons. The number of hydrogen-bond donors (Lipinski definition) is 0. The molecule has 0 aliphatic carbocycles. The summed E-state index contributed by atoms with van der Waals surface area (Å²) in [7, 11) is 0. The number of aromatic nitrogens is 2. The Balaban J connectivity index is 2.23. The van der Waals surface area contributed by atoms with Crippen LogP contribution in [-0.4, -0.2) is 29.2 Å². The molecule has 110 valence electrons. The lowest BCUT2D eigenvalue weighted by molar-refractivity contribution is 0.0149. The van der Waals surface area contributed by atoms with Gasteiger partial charge in [-0.15, -0.1) is 11.6 Å². The zero-order valence-corrected chi connectivity index (χ0v) is 11.8. The standard InChI is InChI=1S/C12H11Cl2F3N2O/c13-5-12-18-9-4-8(15)7(14)3-10(9)19(12)1-2-20-6-11(16)17/h3-4,11H,1-2,5-6H2. The van der Waals surface area contributed by atoms with E-state index in [1.165, 1.54) is 12.1 Å². The van der Waals surface area contributed by atoms with Gasteiger partial charge in [-0.2, -0.15) is 0 Å². The highest BCUT2D eigenvalue weighted by Crippen LogP contribution is 2.24. The Morgan fingerprint density at radius 3 is 2.75 bits per heavy atom. The van der Waals surface area contributed by atoms with E-state index in [-0.39, 0.29) is 24.1 Å². The van der Waals surface area contributed by atoms with Crippen LogP contribution in [0.2, 0.25) is 5.02 Å².